The van der Waals surface area contributed by atoms with Crippen molar-refractivity contribution >= 4 is 27.3 Å². The molecule has 0 spiro atoms. The quantitative estimate of drug-likeness (QED) is 0.819. The lowest BCUT2D eigenvalue weighted by Crippen LogP contribution is -2.38. The predicted molar refractivity (Wildman–Crippen MR) is 75.1 cm³/mol. The number of rotatable bonds is 5. The first-order chi connectivity index (χ1) is 8.29. The molecule has 1 atom stereocenters. The Kier molecular flexibility index (Phi) is 5.01. The summed E-state index contributed by atoms with van der Waals surface area (Å²) in [7, 11) is -3.68. The number of hydrogen-bond acceptors (Lipinski definition) is 3. The second kappa shape index (κ2) is 5.91. The molecule has 0 aliphatic carbocycles. The van der Waals surface area contributed by atoms with Gasteiger partial charge in [-0.05, 0) is 24.5 Å². The summed E-state index contributed by atoms with van der Waals surface area (Å²) >= 11 is 5.92. The summed E-state index contributed by atoms with van der Waals surface area (Å²) in [6, 6.07) is 4.53. The van der Waals surface area contributed by atoms with Crippen LogP contribution in [0.5, 0.6) is 0 Å². The van der Waals surface area contributed by atoms with Crippen LogP contribution in [0.2, 0.25) is 5.02 Å². The molecule has 0 aliphatic heterocycles. The maximum absolute atomic E-state index is 12.3. The van der Waals surface area contributed by atoms with E-state index in [1.807, 2.05) is 20.8 Å². The molecular formula is C12H19ClN2O2S. The van der Waals surface area contributed by atoms with Gasteiger partial charge in [0, 0.05) is 6.04 Å². The number of nitrogens with two attached hydrogens (primary N) is 1. The minimum Gasteiger partial charge on any atom is -0.398 e. The van der Waals surface area contributed by atoms with Gasteiger partial charge in [-0.25, -0.2) is 13.1 Å². The summed E-state index contributed by atoms with van der Waals surface area (Å²) in [4.78, 5) is -0.0363. The monoisotopic (exact) mass is 290 g/mol. The van der Waals surface area contributed by atoms with Crippen LogP contribution in [0.3, 0.4) is 0 Å². The molecular weight excluding hydrogens is 272 g/mol. The van der Waals surface area contributed by atoms with Crippen LogP contribution in [-0.4, -0.2) is 14.5 Å². The van der Waals surface area contributed by atoms with E-state index in [9.17, 15) is 8.42 Å². The van der Waals surface area contributed by atoms with E-state index in [0.29, 0.717) is 6.42 Å². The zero-order valence-corrected chi connectivity index (χ0v) is 12.3. The van der Waals surface area contributed by atoms with Crippen LogP contribution in [0, 0.1) is 5.92 Å². The van der Waals surface area contributed by atoms with Gasteiger partial charge in [-0.3, -0.25) is 0 Å². The second-order valence-electron chi connectivity index (χ2n) is 4.54. The molecule has 0 radical (unpaired) electrons. The van der Waals surface area contributed by atoms with Gasteiger partial charge in [0.05, 0.1) is 10.7 Å². The molecule has 0 saturated heterocycles. The molecule has 0 aliphatic rings. The van der Waals surface area contributed by atoms with Gasteiger partial charge in [-0.2, -0.15) is 0 Å². The third-order valence-corrected chi connectivity index (χ3v) is 4.85. The highest BCUT2D eigenvalue weighted by atomic mass is 35.5. The largest absolute Gasteiger partial charge is 0.398 e. The van der Waals surface area contributed by atoms with Crippen LogP contribution in [0.15, 0.2) is 23.1 Å². The number of nitrogen functional groups attached to an aromatic ring is 1. The van der Waals surface area contributed by atoms with E-state index < -0.39 is 10.0 Å². The number of sulfonamides is 1. The van der Waals surface area contributed by atoms with E-state index in [1.54, 1.807) is 6.07 Å². The van der Waals surface area contributed by atoms with Gasteiger partial charge in [0.2, 0.25) is 10.0 Å². The van der Waals surface area contributed by atoms with E-state index in [4.69, 9.17) is 17.3 Å². The third-order valence-electron chi connectivity index (χ3n) is 2.82. The van der Waals surface area contributed by atoms with Crippen LogP contribution in [0.25, 0.3) is 0 Å². The summed E-state index contributed by atoms with van der Waals surface area (Å²) in [5.41, 5.74) is 5.86. The number of nitrogens with one attached hydrogen (secondary N) is 1. The van der Waals surface area contributed by atoms with Gasteiger partial charge in [-0.1, -0.05) is 38.4 Å². The number of benzene rings is 1. The van der Waals surface area contributed by atoms with Crippen molar-refractivity contribution < 1.29 is 8.42 Å². The van der Waals surface area contributed by atoms with Crippen LogP contribution < -0.4 is 10.5 Å². The highest BCUT2D eigenvalue weighted by Gasteiger charge is 2.25. The second-order valence-corrected chi connectivity index (χ2v) is 6.60. The van der Waals surface area contributed by atoms with Crippen LogP contribution >= 0.6 is 11.6 Å². The van der Waals surface area contributed by atoms with E-state index in [1.165, 1.54) is 12.1 Å². The number of halogens is 1. The smallest absolute Gasteiger partial charge is 0.244 e. The van der Waals surface area contributed by atoms with Crippen molar-refractivity contribution in [1.29, 1.82) is 0 Å². The van der Waals surface area contributed by atoms with Crippen molar-refractivity contribution in [3.8, 4) is 0 Å². The molecule has 3 N–H and O–H groups in total. The fourth-order valence-corrected chi connectivity index (χ4v) is 3.90. The summed E-state index contributed by atoms with van der Waals surface area (Å²) in [5, 5.41) is 0.140. The van der Waals surface area contributed by atoms with Crippen molar-refractivity contribution in [2.45, 2.75) is 38.1 Å². The highest BCUT2D eigenvalue weighted by molar-refractivity contribution is 7.89. The van der Waals surface area contributed by atoms with Gasteiger partial charge in [0.15, 0.2) is 0 Å². The van der Waals surface area contributed by atoms with Crippen molar-refractivity contribution in [3.05, 3.63) is 23.2 Å². The first-order valence-electron chi connectivity index (χ1n) is 5.86. The molecule has 0 aromatic heterocycles. The van der Waals surface area contributed by atoms with Crippen LogP contribution in [0.4, 0.5) is 5.69 Å². The molecule has 0 saturated carbocycles. The van der Waals surface area contributed by atoms with Crippen molar-refractivity contribution in [1.82, 2.24) is 4.72 Å². The van der Waals surface area contributed by atoms with Gasteiger partial charge >= 0.3 is 0 Å². The molecule has 1 unspecified atom stereocenters. The highest BCUT2D eigenvalue weighted by Crippen LogP contribution is 2.27. The van der Waals surface area contributed by atoms with E-state index in [0.717, 1.165) is 0 Å². The fraction of sp³-hybridized carbons (Fsp3) is 0.500. The number of hydrogen-bond donors (Lipinski definition) is 2. The maximum atomic E-state index is 12.3. The van der Waals surface area contributed by atoms with Crippen LogP contribution in [0.1, 0.15) is 27.2 Å². The Labute approximate surface area is 114 Å². The molecule has 0 fully saturated rings. The normalized spacial score (nSPS) is 13.8. The van der Waals surface area contributed by atoms with E-state index in [-0.39, 0.29) is 27.6 Å². The first-order valence-corrected chi connectivity index (χ1v) is 7.72. The Balaban J connectivity index is 3.15. The Bertz CT molecular complexity index is 495. The lowest BCUT2D eigenvalue weighted by Gasteiger charge is -2.21. The summed E-state index contributed by atoms with van der Waals surface area (Å²) in [6.07, 6.45) is 0.710. The number of anilines is 1. The van der Waals surface area contributed by atoms with Crippen molar-refractivity contribution in [2.24, 2.45) is 5.92 Å². The minimum atomic E-state index is -3.68. The average Bonchev–Trinajstić information content (AvgIpc) is 2.25. The molecule has 18 heavy (non-hydrogen) atoms. The van der Waals surface area contributed by atoms with E-state index >= 15 is 0 Å². The molecule has 0 bridgehead atoms. The SMILES string of the molecule is CCC(NS(=O)(=O)c1c(N)cccc1Cl)C(C)C. The van der Waals surface area contributed by atoms with Gasteiger partial charge in [-0.15, -0.1) is 0 Å². The van der Waals surface area contributed by atoms with Gasteiger partial charge in [0.1, 0.15) is 4.90 Å². The zero-order chi connectivity index (χ0) is 13.9. The third kappa shape index (κ3) is 3.37. The summed E-state index contributed by atoms with van der Waals surface area (Å²) in [6.45, 7) is 5.86. The lowest BCUT2D eigenvalue weighted by molar-refractivity contribution is 0.437. The average molecular weight is 291 g/mol. The standard InChI is InChI=1S/C12H19ClN2O2S/c1-4-11(8(2)3)15-18(16,17)12-9(13)6-5-7-10(12)14/h5-8,11,15H,4,14H2,1-3H3. The Hall–Kier alpha value is -0.780. The summed E-state index contributed by atoms with van der Waals surface area (Å²) in [5.74, 6) is 0.202. The molecule has 102 valence electrons. The molecule has 4 nitrogen and oxygen atoms in total. The Morgan fingerprint density at radius 1 is 1.39 bits per heavy atom. The van der Waals surface area contributed by atoms with Gasteiger partial charge < -0.3 is 5.73 Å². The molecule has 0 heterocycles. The minimum absolute atomic E-state index is 0.0363. The van der Waals surface area contributed by atoms with Crippen LogP contribution in [-0.2, 0) is 10.0 Å². The topological polar surface area (TPSA) is 72.2 Å². The predicted octanol–water partition coefficient (Wildman–Crippen LogP) is 2.64. The van der Waals surface area contributed by atoms with Crippen molar-refractivity contribution in [3.63, 3.8) is 0 Å². The molecule has 1 aromatic carbocycles. The fourth-order valence-electron chi connectivity index (χ4n) is 1.76. The first kappa shape index (κ1) is 15.3. The molecule has 6 heteroatoms. The maximum Gasteiger partial charge on any atom is 0.244 e. The summed E-state index contributed by atoms with van der Waals surface area (Å²) < 4.78 is 27.2. The van der Waals surface area contributed by atoms with E-state index in [2.05, 4.69) is 4.72 Å². The van der Waals surface area contributed by atoms with Crippen molar-refractivity contribution in [2.75, 3.05) is 5.73 Å². The molecule has 1 aromatic rings. The lowest BCUT2D eigenvalue weighted by atomic mass is 10.0. The van der Waals surface area contributed by atoms with Gasteiger partial charge in [0.25, 0.3) is 0 Å². The Morgan fingerprint density at radius 3 is 2.44 bits per heavy atom. The Morgan fingerprint density at radius 2 is 2.00 bits per heavy atom. The molecule has 1 rings (SSSR count). The molecule has 0 amide bonds. The zero-order valence-electron chi connectivity index (χ0n) is 10.8.